The third kappa shape index (κ3) is 5.75. The first-order valence-corrected chi connectivity index (χ1v) is 13.8. The highest BCUT2D eigenvalue weighted by Gasteiger charge is 2.14. The van der Waals surface area contributed by atoms with Gasteiger partial charge in [-0.05, 0) is 78.5 Å². The van der Waals surface area contributed by atoms with Gasteiger partial charge in [-0.1, -0.05) is 6.07 Å². The van der Waals surface area contributed by atoms with E-state index in [1.165, 1.54) is 27.0 Å². The van der Waals surface area contributed by atoms with E-state index in [1.54, 1.807) is 54.2 Å². The summed E-state index contributed by atoms with van der Waals surface area (Å²) in [5.74, 6) is -0.305. The Labute approximate surface area is 224 Å². The van der Waals surface area contributed by atoms with Gasteiger partial charge in [0, 0.05) is 40.3 Å². The number of hydrogen-bond acceptors (Lipinski definition) is 8. The van der Waals surface area contributed by atoms with Crippen molar-refractivity contribution in [3.63, 3.8) is 0 Å². The van der Waals surface area contributed by atoms with Gasteiger partial charge in [-0.3, -0.25) is 18.3 Å². The minimum Gasteiger partial charge on any atom is -0.755 e. The van der Waals surface area contributed by atoms with Gasteiger partial charge in [0.05, 0.1) is 22.6 Å². The van der Waals surface area contributed by atoms with Crippen LogP contribution in [0.3, 0.4) is 0 Å². The summed E-state index contributed by atoms with van der Waals surface area (Å²) in [7, 11) is 0. The molecule has 37 heavy (non-hydrogen) atoms. The maximum absolute atomic E-state index is 12.9. The quantitative estimate of drug-likeness (QED) is 0.215. The Bertz CT molecular complexity index is 1540. The number of nitrogens with one attached hydrogen (secondary N) is 2. The van der Waals surface area contributed by atoms with Gasteiger partial charge in [0.25, 0.3) is 5.91 Å². The summed E-state index contributed by atoms with van der Waals surface area (Å²) in [6.07, 6.45) is 3.49. The molecule has 5 rings (SSSR count). The van der Waals surface area contributed by atoms with Gasteiger partial charge in [-0.15, -0.1) is 22.7 Å². The van der Waals surface area contributed by atoms with Crippen molar-refractivity contribution in [1.82, 2.24) is 9.97 Å². The number of carbonyl (C=O) groups is 1. The monoisotopic (exact) mass is 546 g/mol. The lowest BCUT2D eigenvalue weighted by molar-refractivity contribution is 0.102. The third-order valence-electron chi connectivity index (χ3n) is 5.42. The van der Waals surface area contributed by atoms with Crippen molar-refractivity contribution in [3.8, 4) is 11.3 Å². The number of rotatable bonds is 8. The molecule has 3 heterocycles. The average molecular weight is 547 g/mol. The molecular formula is C26H20N5O3S3-. The number of aryl methyl sites for hydroxylation is 1. The Morgan fingerprint density at radius 3 is 2.59 bits per heavy atom. The zero-order valence-electron chi connectivity index (χ0n) is 19.5. The molecule has 0 fully saturated rings. The van der Waals surface area contributed by atoms with Crippen LogP contribution in [0.4, 0.5) is 27.2 Å². The zero-order chi connectivity index (χ0) is 25.8. The number of thiophene rings is 1. The van der Waals surface area contributed by atoms with Crippen LogP contribution in [0.5, 0.6) is 0 Å². The van der Waals surface area contributed by atoms with Crippen LogP contribution < -0.4 is 14.9 Å². The summed E-state index contributed by atoms with van der Waals surface area (Å²) >= 11 is 0.310. The van der Waals surface area contributed by atoms with Crippen LogP contribution in [0.1, 0.15) is 15.9 Å². The van der Waals surface area contributed by atoms with Crippen molar-refractivity contribution in [2.24, 2.45) is 0 Å². The van der Waals surface area contributed by atoms with Gasteiger partial charge in [0.15, 0.2) is 5.13 Å². The second-order valence-electron chi connectivity index (χ2n) is 7.90. The molecule has 0 aliphatic heterocycles. The molecule has 5 aromatic rings. The Balaban J connectivity index is 1.29. The summed E-state index contributed by atoms with van der Waals surface area (Å²) in [4.78, 5) is 21.7. The molecule has 0 bridgehead atoms. The molecule has 1 amide bonds. The molecule has 8 nitrogen and oxygen atoms in total. The van der Waals surface area contributed by atoms with Gasteiger partial charge in [0.2, 0.25) is 0 Å². The molecule has 0 saturated heterocycles. The molecule has 1 unspecified atom stereocenters. The molecule has 0 saturated carbocycles. The van der Waals surface area contributed by atoms with Gasteiger partial charge in [-0.25, -0.2) is 4.98 Å². The van der Waals surface area contributed by atoms with E-state index in [-0.39, 0.29) is 5.91 Å². The Morgan fingerprint density at radius 2 is 1.89 bits per heavy atom. The smallest absolute Gasteiger partial charge is 0.255 e. The van der Waals surface area contributed by atoms with E-state index in [0.717, 1.165) is 27.6 Å². The SMILES string of the molecule is Cc1ccc(NC(=O)c2ccc(N(c3cccs3)S(=O)[O-])cc2)cc1Nc1nc(-c2cccnc2)cs1. The topological polar surface area (TPSA) is 110 Å². The molecule has 3 aromatic heterocycles. The molecule has 0 radical (unpaired) electrons. The minimum absolute atomic E-state index is 0.305. The number of benzene rings is 2. The number of amides is 1. The lowest BCUT2D eigenvalue weighted by Gasteiger charge is -2.24. The summed E-state index contributed by atoms with van der Waals surface area (Å²) < 4.78 is 24.7. The van der Waals surface area contributed by atoms with E-state index in [2.05, 4.69) is 20.6 Å². The minimum atomic E-state index is -2.49. The zero-order valence-corrected chi connectivity index (χ0v) is 21.9. The molecule has 2 aromatic carbocycles. The normalized spacial score (nSPS) is 11.6. The van der Waals surface area contributed by atoms with Crippen molar-refractivity contribution in [3.05, 3.63) is 101 Å². The number of anilines is 5. The fourth-order valence-electron chi connectivity index (χ4n) is 3.55. The number of pyridine rings is 1. The summed E-state index contributed by atoms with van der Waals surface area (Å²) in [5, 5.41) is 11.3. The van der Waals surface area contributed by atoms with Crippen molar-refractivity contribution in [1.29, 1.82) is 0 Å². The fraction of sp³-hybridized carbons (Fsp3) is 0.0385. The van der Waals surface area contributed by atoms with Crippen LogP contribution in [0, 0.1) is 6.92 Å². The first-order chi connectivity index (χ1) is 18.0. The molecule has 0 spiro atoms. The second-order valence-corrected chi connectivity index (χ2v) is 10.5. The number of carbonyl (C=O) groups excluding carboxylic acids is 1. The predicted octanol–water partition coefficient (Wildman–Crippen LogP) is 6.50. The maximum atomic E-state index is 12.9. The van der Waals surface area contributed by atoms with E-state index in [4.69, 9.17) is 0 Å². The first-order valence-electron chi connectivity index (χ1n) is 11.1. The van der Waals surface area contributed by atoms with Crippen molar-refractivity contribution < 1.29 is 13.6 Å². The number of nitrogens with zero attached hydrogens (tertiary/aromatic N) is 3. The lowest BCUT2D eigenvalue weighted by atomic mass is 10.1. The Morgan fingerprint density at radius 1 is 1.05 bits per heavy atom. The van der Waals surface area contributed by atoms with Crippen molar-refractivity contribution in [2.45, 2.75) is 6.92 Å². The van der Waals surface area contributed by atoms with Crippen LogP contribution >= 0.6 is 22.7 Å². The summed E-state index contributed by atoms with van der Waals surface area (Å²) in [6, 6.07) is 19.3. The van der Waals surface area contributed by atoms with Crippen LogP contribution in [-0.2, 0) is 11.3 Å². The number of thiazole rings is 1. The molecule has 2 N–H and O–H groups in total. The Kier molecular flexibility index (Phi) is 7.37. The van der Waals surface area contributed by atoms with Crippen LogP contribution in [-0.4, -0.2) is 24.6 Å². The first kappa shape index (κ1) is 24.8. The fourth-order valence-corrected chi connectivity index (χ4v) is 5.75. The Hall–Kier alpha value is -3.90. The van der Waals surface area contributed by atoms with Crippen LogP contribution in [0.2, 0.25) is 0 Å². The molecule has 0 aliphatic rings. The van der Waals surface area contributed by atoms with E-state index in [9.17, 15) is 13.6 Å². The third-order valence-corrected chi connectivity index (χ3v) is 7.85. The average Bonchev–Trinajstić information content (AvgIpc) is 3.60. The maximum Gasteiger partial charge on any atom is 0.255 e. The van der Waals surface area contributed by atoms with Gasteiger partial charge < -0.3 is 15.2 Å². The second kappa shape index (κ2) is 11.0. The van der Waals surface area contributed by atoms with Gasteiger partial charge in [0.1, 0.15) is 5.00 Å². The lowest BCUT2D eigenvalue weighted by Crippen LogP contribution is -2.18. The molecule has 1 atom stereocenters. The van der Waals surface area contributed by atoms with Crippen LogP contribution in [0.15, 0.2) is 89.9 Å². The highest BCUT2D eigenvalue weighted by Crippen LogP contribution is 2.32. The van der Waals surface area contributed by atoms with Gasteiger partial charge >= 0.3 is 0 Å². The van der Waals surface area contributed by atoms with E-state index >= 15 is 0 Å². The van der Waals surface area contributed by atoms with E-state index in [1.807, 2.05) is 42.6 Å². The van der Waals surface area contributed by atoms with Crippen molar-refractivity contribution >= 4 is 67.0 Å². The number of hydrogen-bond donors (Lipinski definition) is 2. The van der Waals surface area contributed by atoms with Gasteiger partial charge in [-0.2, -0.15) is 0 Å². The standard InChI is InChI=1S/C26H21N5O3S3/c1-17-6-9-20(14-22(17)29-26-30-23(16-36-26)19-4-2-12-27-15-19)28-25(32)18-7-10-21(11-8-18)31(37(33)34)24-5-3-13-35-24/h2-16H,1H3,(H,28,32)(H,29,30)(H,33,34)/p-1. The van der Waals surface area contributed by atoms with Crippen molar-refractivity contribution in [2.75, 3.05) is 14.9 Å². The molecule has 0 aliphatic carbocycles. The van der Waals surface area contributed by atoms with E-state index < -0.39 is 11.3 Å². The highest BCUT2D eigenvalue weighted by molar-refractivity contribution is 7.81. The van der Waals surface area contributed by atoms with Crippen LogP contribution in [0.25, 0.3) is 11.3 Å². The predicted molar refractivity (Wildman–Crippen MR) is 150 cm³/mol. The summed E-state index contributed by atoms with van der Waals surface area (Å²) in [5.41, 5.74) is 5.07. The molecule has 11 heteroatoms. The summed E-state index contributed by atoms with van der Waals surface area (Å²) in [6.45, 7) is 1.97. The number of aromatic nitrogens is 2. The van der Waals surface area contributed by atoms with E-state index in [0.29, 0.717) is 21.9 Å². The molecule has 186 valence electrons. The molecular weight excluding hydrogens is 527 g/mol. The highest BCUT2D eigenvalue weighted by atomic mass is 32.2. The largest absolute Gasteiger partial charge is 0.755 e.